The number of amides is 1. The van der Waals surface area contributed by atoms with Crippen LogP contribution in [-0.4, -0.2) is 37.0 Å². The van der Waals surface area contributed by atoms with Crippen molar-refractivity contribution in [2.45, 2.75) is 0 Å². The predicted molar refractivity (Wildman–Crippen MR) is 60.1 cm³/mol. The van der Waals surface area contributed by atoms with Crippen LogP contribution in [0.25, 0.3) is 0 Å². The van der Waals surface area contributed by atoms with Crippen LogP contribution < -0.4 is 5.32 Å². The molecule has 0 aliphatic carbocycles. The van der Waals surface area contributed by atoms with E-state index in [0.717, 1.165) is 12.1 Å². The molecule has 1 aromatic carbocycles. The second kappa shape index (κ2) is 4.98. The van der Waals surface area contributed by atoms with Gasteiger partial charge in [0.15, 0.2) is 0 Å². The van der Waals surface area contributed by atoms with Gasteiger partial charge in [-0.25, -0.2) is 8.78 Å². The van der Waals surface area contributed by atoms with Crippen molar-refractivity contribution in [1.29, 1.82) is 0 Å². The van der Waals surface area contributed by atoms with E-state index in [1.54, 1.807) is 0 Å². The Morgan fingerprint density at radius 1 is 1.24 bits per heavy atom. The summed E-state index contributed by atoms with van der Waals surface area (Å²) in [5.41, 5.74) is -0.270. The molecule has 1 amide bonds. The Labute approximate surface area is 102 Å². The van der Waals surface area contributed by atoms with E-state index in [2.05, 4.69) is 5.32 Å². The zero-order valence-corrected chi connectivity index (χ0v) is 9.73. The summed E-state index contributed by atoms with van der Waals surface area (Å²) in [5.74, 6) is -2.08. The Balaban J connectivity index is 2.26. The van der Waals surface area contributed by atoms with E-state index in [0.29, 0.717) is 26.2 Å². The van der Waals surface area contributed by atoms with Gasteiger partial charge < -0.3 is 10.2 Å². The summed E-state index contributed by atoms with van der Waals surface area (Å²) in [6, 6.07) is 1.67. The molecule has 0 atom stereocenters. The second-order valence-electron chi connectivity index (χ2n) is 3.79. The number of halogens is 3. The van der Waals surface area contributed by atoms with Crippen LogP contribution in [0.1, 0.15) is 10.4 Å². The first-order valence-electron chi connectivity index (χ1n) is 5.24. The molecule has 2 rings (SSSR count). The molecular formula is C11H11ClF2N2O. The first kappa shape index (κ1) is 12.3. The monoisotopic (exact) mass is 260 g/mol. The predicted octanol–water partition coefficient (Wildman–Crippen LogP) is 1.66. The van der Waals surface area contributed by atoms with Gasteiger partial charge >= 0.3 is 0 Å². The van der Waals surface area contributed by atoms with Crippen LogP contribution >= 0.6 is 11.6 Å². The van der Waals surface area contributed by atoms with Gasteiger partial charge in [0.25, 0.3) is 5.91 Å². The number of benzene rings is 1. The maximum absolute atomic E-state index is 13.5. The zero-order chi connectivity index (χ0) is 12.4. The van der Waals surface area contributed by atoms with Crippen molar-refractivity contribution in [1.82, 2.24) is 10.2 Å². The maximum atomic E-state index is 13.5. The standard InChI is InChI=1S/C11H11ClF2N2O/c12-8-6-9(13)7(5-10(8)14)11(17)16-3-1-15-2-4-16/h5-6,15H,1-4H2. The second-order valence-corrected chi connectivity index (χ2v) is 4.20. The Hall–Kier alpha value is -1.20. The van der Waals surface area contributed by atoms with Crippen molar-refractivity contribution in [2.75, 3.05) is 26.2 Å². The highest BCUT2D eigenvalue weighted by Crippen LogP contribution is 2.20. The molecule has 1 heterocycles. The highest BCUT2D eigenvalue weighted by atomic mass is 35.5. The summed E-state index contributed by atoms with van der Waals surface area (Å²) in [4.78, 5) is 13.4. The molecule has 1 fully saturated rings. The van der Waals surface area contributed by atoms with E-state index in [1.165, 1.54) is 4.90 Å². The van der Waals surface area contributed by atoms with Crippen molar-refractivity contribution in [2.24, 2.45) is 0 Å². The van der Waals surface area contributed by atoms with E-state index in [4.69, 9.17) is 11.6 Å². The minimum atomic E-state index is -0.792. The van der Waals surface area contributed by atoms with Crippen LogP contribution in [0.5, 0.6) is 0 Å². The summed E-state index contributed by atoms with van der Waals surface area (Å²) >= 11 is 5.43. The number of piperazine rings is 1. The van der Waals surface area contributed by atoms with Gasteiger partial charge in [-0.2, -0.15) is 0 Å². The fraction of sp³-hybridized carbons (Fsp3) is 0.364. The van der Waals surface area contributed by atoms with E-state index >= 15 is 0 Å². The molecule has 1 N–H and O–H groups in total. The molecule has 0 saturated carbocycles. The van der Waals surface area contributed by atoms with Crippen molar-refractivity contribution in [3.05, 3.63) is 34.4 Å². The van der Waals surface area contributed by atoms with E-state index in [-0.39, 0.29) is 10.6 Å². The van der Waals surface area contributed by atoms with Crippen LogP contribution in [-0.2, 0) is 0 Å². The highest BCUT2D eigenvalue weighted by molar-refractivity contribution is 6.30. The minimum Gasteiger partial charge on any atom is -0.336 e. The maximum Gasteiger partial charge on any atom is 0.257 e. The number of rotatable bonds is 1. The summed E-state index contributed by atoms with van der Waals surface area (Å²) in [7, 11) is 0. The lowest BCUT2D eigenvalue weighted by atomic mass is 10.1. The summed E-state index contributed by atoms with van der Waals surface area (Å²) < 4.78 is 26.7. The molecule has 0 bridgehead atoms. The third-order valence-corrected chi connectivity index (χ3v) is 2.93. The van der Waals surface area contributed by atoms with Crippen molar-refractivity contribution in [3.8, 4) is 0 Å². The van der Waals surface area contributed by atoms with E-state index < -0.39 is 17.5 Å². The molecule has 1 saturated heterocycles. The van der Waals surface area contributed by atoms with Crippen molar-refractivity contribution in [3.63, 3.8) is 0 Å². The van der Waals surface area contributed by atoms with Crippen LogP contribution in [0, 0.1) is 11.6 Å². The average Bonchev–Trinajstić information content (AvgIpc) is 2.34. The van der Waals surface area contributed by atoms with Gasteiger partial charge in [0.1, 0.15) is 11.6 Å². The van der Waals surface area contributed by atoms with Crippen molar-refractivity contribution < 1.29 is 13.6 Å². The number of nitrogens with zero attached hydrogens (tertiary/aromatic N) is 1. The number of carbonyl (C=O) groups is 1. The molecule has 1 aliphatic rings. The Morgan fingerprint density at radius 2 is 1.88 bits per heavy atom. The molecule has 1 aromatic rings. The molecule has 0 unspecified atom stereocenters. The fourth-order valence-electron chi connectivity index (χ4n) is 1.72. The largest absolute Gasteiger partial charge is 0.336 e. The smallest absolute Gasteiger partial charge is 0.257 e. The molecule has 0 radical (unpaired) electrons. The van der Waals surface area contributed by atoms with Gasteiger partial charge in [-0.3, -0.25) is 4.79 Å². The molecular weight excluding hydrogens is 250 g/mol. The zero-order valence-electron chi connectivity index (χ0n) is 8.97. The van der Waals surface area contributed by atoms with E-state index in [1.807, 2.05) is 0 Å². The number of hydrogen-bond acceptors (Lipinski definition) is 2. The first-order chi connectivity index (χ1) is 8.09. The van der Waals surface area contributed by atoms with Crippen molar-refractivity contribution >= 4 is 17.5 Å². The lowest BCUT2D eigenvalue weighted by molar-refractivity contribution is 0.0730. The summed E-state index contributed by atoms with van der Waals surface area (Å²) in [6.07, 6.45) is 0. The molecule has 92 valence electrons. The van der Waals surface area contributed by atoms with Crippen LogP contribution in [0.4, 0.5) is 8.78 Å². The molecule has 0 spiro atoms. The van der Waals surface area contributed by atoms with E-state index in [9.17, 15) is 13.6 Å². The average molecular weight is 261 g/mol. The molecule has 6 heteroatoms. The molecule has 1 aliphatic heterocycles. The lowest BCUT2D eigenvalue weighted by Gasteiger charge is -2.27. The third kappa shape index (κ3) is 2.56. The molecule has 3 nitrogen and oxygen atoms in total. The number of nitrogens with one attached hydrogen (secondary N) is 1. The SMILES string of the molecule is O=C(c1cc(F)c(Cl)cc1F)N1CCNCC1. The fourth-order valence-corrected chi connectivity index (χ4v) is 1.88. The lowest BCUT2D eigenvalue weighted by Crippen LogP contribution is -2.46. The number of carbonyl (C=O) groups excluding carboxylic acids is 1. The van der Waals surface area contributed by atoms with Gasteiger partial charge in [-0.1, -0.05) is 11.6 Å². The van der Waals surface area contributed by atoms with Crippen LogP contribution in [0.2, 0.25) is 5.02 Å². The highest BCUT2D eigenvalue weighted by Gasteiger charge is 2.22. The van der Waals surface area contributed by atoms with Gasteiger partial charge in [-0.15, -0.1) is 0 Å². The Bertz CT molecular complexity index is 447. The molecule has 17 heavy (non-hydrogen) atoms. The third-order valence-electron chi connectivity index (χ3n) is 2.64. The summed E-state index contributed by atoms with van der Waals surface area (Å²) in [6.45, 7) is 2.29. The quantitative estimate of drug-likeness (QED) is 0.779. The van der Waals surface area contributed by atoms with Gasteiger partial charge in [0.2, 0.25) is 0 Å². The first-order valence-corrected chi connectivity index (χ1v) is 5.62. The van der Waals surface area contributed by atoms with Crippen LogP contribution in [0.15, 0.2) is 12.1 Å². The van der Waals surface area contributed by atoms with Gasteiger partial charge in [-0.05, 0) is 12.1 Å². The minimum absolute atomic E-state index is 0.270. The Kier molecular flexibility index (Phi) is 3.59. The molecule has 0 aromatic heterocycles. The summed E-state index contributed by atoms with van der Waals surface area (Å²) in [5, 5.41) is 2.75. The van der Waals surface area contributed by atoms with Gasteiger partial charge in [0, 0.05) is 26.2 Å². The normalized spacial score (nSPS) is 16.1. The topological polar surface area (TPSA) is 32.3 Å². The number of hydrogen-bond donors (Lipinski definition) is 1. The Morgan fingerprint density at radius 3 is 2.53 bits per heavy atom. The van der Waals surface area contributed by atoms with Gasteiger partial charge in [0.05, 0.1) is 10.6 Å². The van der Waals surface area contributed by atoms with Crippen LogP contribution in [0.3, 0.4) is 0 Å².